The summed E-state index contributed by atoms with van der Waals surface area (Å²) < 4.78 is 17.8. The second-order valence-electron chi connectivity index (χ2n) is 21.4. The number of aromatic nitrogens is 2. The SMILES string of the molecule is COC1CC(C(=O)N[C@H]2CC[C@@H](N(CCOCCC#Cc3cccc4c3CN(C3CCC(=O)NC3=O)C4=O)C(=O)OCc3ccc(NC(=O)CCCCNC(N)=O)cc3)CC2)=CC=C1Nc1ncc2c(n1)N(C1CCCC1)CC(=O)N2C. The molecule has 9 rings (SSSR count). The molecule has 3 aromatic rings. The highest BCUT2D eigenvalue weighted by Crippen LogP contribution is 2.37. The van der Waals surface area contributed by atoms with E-state index in [-0.39, 0.29) is 106 Å². The van der Waals surface area contributed by atoms with Gasteiger partial charge in [-0.3, -0.25) is 34.1 Å². The Morgan fingerprint density at radius 2 is 1.71 bits per heavy atom. The average Bonchev–Trinajstić information content (AvgIpc) is 4.18. The largest absolute Gasteiger partial charge is 0.445 e. The van der Waals surface area contributed by atoms with E-state index in [2.05, 4.69) is 48.3 Å². The van der Waals surface area contributed by atoms with Crippen molar-refractivity contribution < 1.29 is 52.6 Å². The highest BCUT2D eigenvalue weighted by atomic mass is 16.6. The molecule has 2 unspecified atom stereocenters. The molecule has 82 heavy (non-hydrogen) atoms. The highest BCUT2D eigenvalue weighted by Gasteiger charge is 2.40. The Labute approximate surface area is 476 Å². The van der Waals surface area contributed by atoms with Crippen molar-refractivity contribution in [3.05, 3.63) is 94.3 Å². The lowest BCUT2D eigenvalue weighted by molar-refractivity contribution is -0.137. The second kappa shape index (κ2) is 27.4. The van der Waals surface area contributed by atoms with Gasteiger partial charge in [-0.2, -0.15) is 4.98 Å². The van der Waals surface area contributed by atoms with Crippen molar-refractivity contribution in [3.8, 4) is 11.8 Å². The van der Waals surface area contributed by atoms with Crippen LogP contribution in [0.15, 0.2) is 72.1 Å². The molecule has 23 nitrogen and oxygen atoms in total. The number of urea groups is 1. The average molecular weight is 1130 g/mol. The van der Waals surface area contributed by atoms with Crippen molar-refractivity contribution in [2.45, 2.75) is 140 Å². The van der Waals surface area contributed by atoms with Crippen LogP contribution in [0, 0.1) is 11.8 Å². The number of nitrogens with zero attached hydrogens (tertiary/aromatic N) is 6. The number of hydrogen-bond donors (Lipinski definition) is 6. The number of carbonyl (C=O) groups is 8. The quantitative estimate of drug-likeness (QED) is 0.0470. The number of methoxy groups -OCH3 is 1. The van der Waals surface area contributed by atoms with Crippen LogP contribution < -0.4 is 42.1 Å². The predicted octanol–water partition coefficient (Wildman–Crippen LogP) is 4.91. The molecule has 3 aliphatic carbocycles. The van der Waals surface area contributed by atoms with Gasteiger partial charge in [-0.05, 0) is 99.3 Å². The van der Waals surface area contributed by atoms with E-state index < -0.39 is 30.2 Å². The van der Waals surface area contributed by atoms with E-state index in [1.165, 1.54) is 4.90 Å². The number of nitrogens with one attached hydrogen (secondary N) is 5. The summed E-state index contributed by atoms with van der Waals surface area (Å²) in [6.45, 7) is 1.58. The minimum absolute atomic E-state index is 0.00449. The summed E-state index contributed by atoms with van der Waals surface area (Å²) in [6, 6.07) is 10.9. The summed E-state index contributed by atoms with van der Waals surface area (Å²) >= 11 is 0. The Balaban J connectivity index is 0.785. The number of allylic oxidation sites excluding steroid dienone is 2. The summed E-state index contributed by atoms with van der Waals surface area (Å²) in [7, 11) is 3.34. The number of ether oxygens (including phenoxy) is 3. The molecule has 2 aromatic carbocycles. The number of nitrogens with two attached hydrogens (primary N) is 1. The van der Waals surface area contributed by atoms with Crippen LogP contribution in [0.4, 0.5) is 32.7 Å². The minimum Gasteiger partial charge on any atom is -0.445 e. The first-order valence-electron chi connectivity index (χ1n) is 28.3. The zero-order chi connectivity index (χ0) is 57.7. The molecular formula is C59H72N12O11. The van der Waals surface area contributed by atoms with Gasteiger partial charge in [0.15, 0.2) is 5.82 Å². The van der Waals surface area contributed by atoms with Crippen LogP contribution >= 0.6 is 0 Å². The molecule has 0 spiro atoms. The van der Waals surface area contributed by atoms with Crippen LogP contribution in [0.2, 0.25) is 0 Å². The van der Waals surface area contributed by atoms with Gasteiger partial charge >= 0.3 is 12.1 Å². The topological polar surface area (TPSA) is 289 Å². The zero-order valence-corrected chi connectivity index (χ0v) is 46.5. The van der Waals surface area contributed by atoms with Gasteiger partial charge in [0.05, 0.1) is 26.0 Å². The molecule has 4 heterocycles. The predicted molar refractivity (Wildman–Crippen MR) is 303 cm³/mol. The normalized spacial score (nSPS) is 20.6. The monoisotopic (exact) mass is 1120 g/mol. The molecule has 1 aromatic heterocycles. The van der Waals surface area contributed by atoms with Crippen molar-refractivity contribution in [1.29, 1.82) is 0 Å². The Bertz CT molecular complexity index is 3030. The van der Waals surface area contributed by atoms with Crippen LogP contribution in [-0.4, -0.2) is 145 Å². The van der Waals surface area contributed by atoms with E-state index in [1.54, 1.807) is 72.6 Å². The molecule has 6 aliphatic rings. The maximum Gasteiger partial charge on any atom is 0.410 e. The smallest absolute Gasteiger partial charge is 0.410 e. The third kappa shape index (κ3) is 14.6. The molecule has 3 fully saturated rings. The summed E-state index contributed by atoms with van der Waals surface area (Å²) in [5.74, 6) is 5.95. The molecule has 9 amide bonds. The third-order valence-electron chi connectivity index (χ3n) is 16.0. The lowest BCUT2D eigenvalue weighted by Gasteiger charge is -2.38. The highest BCUT2D eigenvalue weighted by molar-refractivity contribution is 6.06. The molecule has 434 valence electrons. The summed E-state index contributed by atoms with van der Waals surface area (Å²) in [5.41, 5.74) is 10.2. The maximum atomic E-state index is 14.0. The molecule has 7 N–H and O–H groups in total. The number of anilines is 4. The number of hydrogen-bond acceptors (Lipinski definition) is 15. The van der Waals surface area contributed by atoms with Gasteiger partial charge in [-0.1, -0.05) is 49.0 Å². The second-order valence-corrected chi connectivity index (χ2v) is 21.4. The summed E-state index contributed by atoms with van der Waals surface area (Å²) in [6.07, 6.45) is 13.6. The zero-order valence-electron chi connectivity index (χ0n) is 46.5. The number of carbonyl (C=O) groups excluding carboxylic acids is 8. The summed E-state index contributed by atoms with van der Waals surface area (Å²) in [5, 5.41) is 14.2. The lowest BCUT2D eigenvalue weighted by atomic mass is 9.89. The van der Waals surface area contributed by atoms with Gasteiger partial charge in [0, 0.05) is 106 Å². The molecule has 2 atom stereocenters. The lowest BCUT2D eigenvalue weighted by Crippen LogP contribution is -2.52. The fraction of sp³-hybridized carbons (Fsp3) is 0.492. The standard InChI is InChI=1S/C59H72N12O11/c1-68-48-33-62-58(67-53(48)70(35-52(68)74)42-12-3-4-13-42)65-46-25-18-39(32-49(46)80-2)54(75)64-41-21-23-43(24-22-41)69(59(79)82-36-37-16-19-40(20-17-37)63-50(72)15-5-7-28-61-57(60)78)29-31-81-30-8-6-10-38-11-9-14-44-45(38)34-71(56(44)77)47-26-27-51(73)66-55(47)76/h9,11,14,16-20,25,33,41-43,47,49H,3-5,7-8,12-13,15,21-24,26-32,34-36H2,1-2H3,(H,63,72)(H,64,75)(H3,60,61,78)(H,62,65,67)(H,66,73,76)/t41-,43+,47?,49?. The van der Waals surface area contributed by atoms with Crippen LogP contribution in [0.5, 0.6) is 0 Å². The maximum absolute atomic E-state index is 14.0. The van der Waals surface area contributed by atoms with Crippen molar-refractivity contribution in [1.82, 2.24) is 35.7 Å². The van der Waals surface area contributed by atoms with Gasteiger partial charge in [-0.25, -0.2) is 14.6 Å². The van der Waals surface area contributed by atoms with E-state index in [0.717, 1.165) is 42.6 Å². The van der Waals surface area contributed by atoms with E-state index in [0.29, 0.717) is 97.6 Å². The number of rotatable bonds is 21. The number of fused-ring (bicyclic) bond motifs is 2. The van der Waals surface area contributed by atoms with Gasteiger partial charge in [0.25, 0.3) is 5.91 Å². The molecule has 0 bridgehead atoms. The Hall–Kier alpha value is -8.36. The number of amides is 9. The third-order valence-corrected chi connectivity index (χ3v) is 16.0. The number of likely N-dealkylation sites (N-methyl/N-ethyl adjacent to an activating group) is 1. The first-order chi connectivity index (χ1) is 39.7. The summed E-state index contributed by atoms with van der Waals surface area (Å²) in [4.78, 5) is 118. The molecule has 3 aliphatic heterocycles. The van der Waals surface area contributed by atoms with Crippen LogP contribution in [0.1, 0.15) is 123 Å². The molecule has 23 heteroatoms. The van der Waals surface area contributed by atoms with E-state index >= 15 is 0 Å². The van der Waals surface area contributed by atoms with Gasteiger partial charge in [0.2, 0.25) is 35.5 Å². The minimum atomic E-state index is -0.725. The van der Waals surface area contributed by atoms with Crippen LogP contribution in [-0.2, 0) is 51.3 Å². The number of benzene rings is 2. The molecule has 0 radical (unpaired) electrons. The number of imide groups is 1. The van der Waals surface area contributed by atoms with Gasteiger partial charge in [-0.15, -0.1) is 0 Å². The number of primary amides is 1. The van der Waals surface area contributed by atoms with Gasteiger partial charge < -0.3 is 60.8 Å². The number of piperidine rings is 1. The fourth-order valence-corrected chi connectivity index (χ4v) is 11.4. The Morgan fingerprint density at radius 3 is 2.46 bits per heavy atom. The Morgan fingerprint density at radius 1 is 0.915 bits per heavy atom. The van der Waals surface area contributed by atoms with Crippen molar-refractivity contribution >= 4 is 70.7 Å². The van der Waals surface area contributed by atoms with E-state index in [4.69, 9.17) is 24.9 Å². The van der Waals surface area contributed by atoms with Crippen LogP contribution in [0.3, 0.4) is 0 Å². The van der Waals surface area contributed by atoms with Crippen molar-refractivity contribution in [2.24, 2.45) is 5.73 Å². The Kier molecular flexibility index (Phi) is 19.5. The first kappa shape index (κ1) is 58.3. The first-order valence-corrected chi connectivity index (χ1v) is 28.3. The molecule has 1 saturated heterocycles. The van der Waals surface area contributed by atoms with Crippen molar-refractivity contribution in [2.75, 3.05) is 67.4 Å². The fourth-order valence-electron chi connectivity index (χ4n) is 11.4. The number of unbranched alkanes of at least 4 members (excludes halogenated alkanes) is 1. The molecular weight excluding hydrogens is 1050 g/mol. The van der Waals surface area contributed by atoms with Crippen molar-refractivity contribution in [3.63, 3.8) is 0 Å². The van der Waals surface area contributed by atoms with E-state index in [1.807, 2.05) is 12.1 Å². The molecule has 2 saturated carbocycles. The van der Waals surface area contributed by atoms with E-state index in [9.17, 15) is 38.4 Å². The van der Waals surface area contributed by atoms with Crippen LogP contribution in [0.25, 0.3) is 0 Å². The van der Waals surface area contributed by atoms with Gasteiger partial charge in [0.1, 0.15) is 24.4 Å².